The van der Waals surface area contributed by atoms with Gasteiger partial charge in [-0.3, -0.25) is 5.84 Å². The average Bonchev–Trinajstić information content (AvgIpc) is 2.43. The number of hydrogen-bond acceptors (Lipinski definition) is 4. The minimum absolute atomic E-state index is 0.166. The van der Waals surface area contributed by atoms with Crippen LogP contribution < -0.4 is 16.0 Å². The van der Waals surface area contributed by atoms with Gasteiger partial charge in [-0.05, 0) is 17.7 Å². The molecule has 0 aliphatic heterocycles. The van der Waals surface area contributed by atoms with Gasteiger partial charge in [0.15, 0.2) is 11.6 Å². The van der Waals surface area contributed by atoms with Gasteiger partial charge in [0, 0.05) is 11.8 Å². The lowest BCUT2D eigenvalue weighted by Gasteiger charge is -2.18. The second-order valence-electron chi connectivity index (χ2n) is 3.88. The van der Waals surface area contributed by atoms with Gasteiger partial charge in [0.2, 0.25) is 0 Å². The van der Waals surface area contributed by atoms with E-state index in [1.807, 2.05) is 0 Å². The van der Waals surface area contributed by atoms with E-state index >= 15 is 0 Å². The standard InChI is InChI=1S/C13H13ClFN3O/c1-19-10-4-2-3-9(12(10)15)13(18-16)8-5-6-11(14)17-7-8/h2-7,13,18H,16H2,1H3. The molecule has 1 heterocycles. The summed E-state index contributed by atoms with van der Waals surface area (Å²) in [4.78, 5) is 3.96. The molecule has 0 spiro atoms. The zero-order valence-electron chi connectivity index (χ0n) is 10.2. The Hall–Kier alpha value is -1.69. The highest BCUT2D eigenvalue weighted by Crippen LogP contribution is 2.28. The molecular formula is C13H13ClFN3O. The average molecular weight is 282 g/mol. The van der Waals surface area contributed by atoms with Crippen LogP contribution in [0.4, 0.5) is 4.39 Å². The molecule has 4 nitrogen and oxygen atoms in total. The van der Waals surface area contributed by atoms with Gasteiger partial charge >= 0.3 is 0 Å². The second-order valence-corrected chi connectivity index (χ2v) is 4.26. The van der Waals surface area contributed by atoms with E-state index in [4.69, 9.17) is 22.2 Å². The van der Waals surface area contributed by atoms with Crippen LogP contribution in [0.2, 0.25) is 5.15 Å². The molecule has 1 aromatic heterocycles. The fourth-order valence-corrected chi connectivity index (χ4v) is 1.94. The van der Waals surface area contributed by atoms with Gasteiger partial charge in [0.05, 0.1) is 13.2 Å². The van der Waals surface area contributed by atoms with Crippen molar-refractivity contribution in [2.75, 3.05) is 7.11 Å². The van der Waals surface area contributed by atoms with Gasteiger partial charge in [-0.2, -0.15) is 0 Å². The highest BCUT2D eigenvalue weighted by Gasteiger charge is 2.19. The highest BCUT2D eigenvalue weighted by atomic mass is 35.5. The summed E-state index contributed by atoms with van der Waals surface area (Å²) in [6, 6.07) is 7.71. The molecule has 0 saturated carbocycles. The van der Waals surface area contributed by atoms with Crippen LogP contribution >= 0.6 is 11.6 Å². The molecule has 100 valence electrons. The predicted molar refractivity (Wildman–Crippen MR) is 71.4 cm³/mol. The van der Waals surface area contributed by atoms with Crippen LogP contribution in [0.3, 0.4) is 0 Å². The fraction of sp³-hybridized carbons (Fsp3) is 0.154. The minimum atomic E-state index is -0.528. The Morgan fingerprint density at radius 2 is 2.16 bits per heavy atom. The third kappa shape index (κ3) is 2.84. The van der Waals surface area contributed by atoms with Gasteiger partial charge in [-0.15, -0.1) is 0 Å². The first-order chi connectivity index (χ1) is 9.17. The molecule has 0 aliphatic carbocycles. The quantitative estimate of drug-likeness (QED) is 0.513. The predicted octanol–water partition coefficient (Wildman–Crippen LogP) is 2.44. The molecule has 0 radical (unpaired) electrons. The third-order valence-electron chi connectivity index (χ3n) is 2.77. The number of methoxy groups -OCH3 is 1. The SMILES string of the molecule is COc1cccc(C(NN)c2ccc(Cl)nc2)c1F. The van der Waals surface area contributed by atoms with Crippen LogP contribution in [-0.2, 0) is 0 Å². The molecule has 1 unspecified atom stereocenters. The third-order valence-corrected chi connectivity index (χ3v) is 3.00. The van der Waals surface area contributed by atoms with E-state index in [1.54, 1.807) is 36.5 Å². The minimum Gasteiger partial charge on any atom is -0.494 e. The van der Waals surface area contributed by atoms with E-state index in [1.165, 1.54) is 7.11 Å². The number of nitrogens with zero attached hydrogens (tertiary/aromatic N) is 1. The lowest BCUT2D eigenvalue weighted by atomic mass is 10.00. The Labute approximate surface area is 115 Å². The summed E-state index contributed by atoms with van der Waals surface area (Å²) in [5, 5.41) is 0.366. The van der Waals surface area contributed by atoms with Crippen LogP contribution in [-0.4, -0.2) is 12.1 Å². The van der Waals surface area contributed by atoms with Gasteiger partial charge in [0.1, 0.15) is 5.15 Å². The molecule has 1 aromatic carbocycles. The smallest absolute Gasteiger partial charge is 0.170 e. The summed E-state index contributed by atoms with van der Waals surface area (Å²) in [6.45, 7) is 0. The molecule has 2 aromatic rings. The largest absolute Gasteiger partial charge is 0.494 e. The number of nitrogens with two attached hydrogens (primary N) is 1. The topological polar surface area (TPSA) is 60.2 Å². The summed E-state index contributed by atoms with van der Waals surface area (Å²) < 4.78 is 19.2. The maximum absolute atomic E-state index is 14.2. The molecule has 2 rings (SSSR count). The number of nitrogens with one attached hydrogen (secondary N) is 1. The monoisotopic (exact) mass is 281 g/mol. The van der Waals surface area contributed by atoms with E-state index in [0.29, 0.717) is 16.3 Å². The lowest BCUT2D eigenvalue weighted by Crippen LogP contribution is -2.29. The van der Waals surface area contributed by atoms with Crippen molar-refractivity contribution in [1.82, 2.24) is 10.4 Å². The lowest BCUT2D eigenvalue weighted by molar-refractivity contribution is 0.381. The zero-order valence-corrected chi connectivity index (χ0v) is 11.0. The Bertz CT molecular complexity index is 562. The van der Waals surface area contributed by atoms with Gasteiger partial charge < -0.3 is 4.74 Å². The molecule has 3 N–H and O–H groups in total. The van der Waals surface area contributed by atoms with Crippen molar-refractivity contribution >= 4 is 11.6 Å². The van der Waals surface area contributed by atoms with E-state index in [9.17, 15) is 4.39 Å². The normalized spacial score (nSPS) is 12.2. The molecule has 0 amide bonds. The van der Waals surface area contributed by atoms with Crippen molar-refractivity contribution in [3.63, 3.8) is 0 Å². The van der Waals surface area contributed by atoms with Crippen LogP contribution in [0.1, 0.15) is 17.2 Å². The van der Waals surface area contributed by atoms with E-state index < -0.39 is 11.9 Å². The molecule has 0 bridgehead atoms. The number of halogens is 2. The van der Waals surface area contributed by atoms with Gasteiger partial charge in [-0.1, -0.05) is 29.8 Å². The van der Waals surface area contributed by atoms with Crippen molar-refractivity contribution in [1.29, 1.82) is 0 Å². The molecule has 0 saturated heterocycles. The highest BCUT2D eigenvalue weighted by molar-refractivity contribution is 6.29. The summed E-state index contributed by atoms with van der Waals surface area (Å²) in [5.74, 6) is 5.23. The summed E-state index contributed by atoms with van der Waals surface area (Å²) >= 11 is 5.73. The van der Waals surface area contributed by atoms with Crippen molar-refractivity contribution < 1.29 is 9.13 Å². The maximum atomic E-state index is 14.2. The number of rotatable bonds is 4. The first kappa shape index (κ1) is 13.7. The van der Waals surface area contributed by atoms with Gasteiger partial charge in [-0.25, -0.2) is 14.8 Å². The molecule has 6 heteroatoms. The second kappa shape index (κ2) is 5.97. The zero-order chi connectivity index (χ0) is 13.8. The van der Waals surface area contributed by atoms with Gasteiger partial charge in [0.25, 0.3) is 0 Å². The summed E-state index contributed by atoms with van der Waals surface area (Å²) in [5.41, 5.74) is 3.66. The molecule has 1 atom stereocenters. The Morgan fingerprint density at radius 1 is 1.37 bits per heavy atom. The summed E-state index contributed by atoms with van der Waals surface area (Å²) in [6.07, 6.45) is 1.55. The van der Waals surface area contributed by atoms with E-state index in [2.05, 4.69) is 10.4 Å². The Kier molecular flexibility index (Phi) is 4.31. The number of benzene rings is 1. The van der Waals surface area contributed by atoms with Crippen molar-refractivity contribution in [2.24, 2.45) is 5.84 Å². The number of ether oxygens (including phenoxy) is 1. The van der Waals surface area contributed by atoms with Crippen molar-refractivity contribution in [2.45, 2.75) is 6.04 Å². The first-order valence-electron chi connectivity index (χ1n) is 5.57. The maximum Gasteiger partial charge on any atom is 0.170 e. The number of hydrazine groups is 1. The Morgan fingerprint density at radius 3 is 2.74 bits per heavy atom. The molecular weight excluding hydrogens is 269 g/mol. The van der Waals surface area contributed by atoms with Crippen LogP contribution in [0.5, 0.6) is 5.75 Å². The van der Waals surface area contributed by atoms with Crippen molar-refractivity contribution in [3.05, 3.63) is 58.6 Å². The van der Waals surface area contributed by atoms with Crippen LogP contribution in [0.15, 0.2) is 36.5 Å². The van der Waals surface area contributed by atoms with E-state index in [0.717, 1.165) is 0 Å². The summed E-state index contributed by atoms with van der Waals surface area (Å²) in [7, 11) is 1.41. The molecule has 0 aliphatic rings. The number of hydrogen-bond donors (Lipinski definition) is 2. The Balaban J connectivity index is 2.45. The van der Waals surface area contributed by atoms with Crippen LogP contribution in [0.25, 0.3) is 0 Å². The number of aromatic nitrogens is 1. The number of pyridine rings is 1. The van der Waals surface area contributed by atoms with Crippen LogP contribution in [0, 0.1) is 5.82 Å². The van der Waals surface area contributed by atoms with E-state index in [-0.39, 0.29) is 5.75 Å². The fourth-order valence-electron chi connectivity index (χ4n) is 1.83. The first-order valence-corrected chi connectivity index (χ1v) is 5.95. The van der Waals surface area contributed by atoms with Crippen molar-refractivity contribution in [3.8, 4) is 5.75 Å². The molecule has 19 heavy (non-hydrogen) atoms. The molecule has 0 fully saturated rings.